The predicted octanol–water partition coefficient (Wildman–Crippen LogP) is 2.41. The highest BCUT2D eigenvalue weighted by molar-refractivity contribution is 7.83. The molecule has 28 heavy (non-hydrogen) atoms. The molecule has 2 atom stereocenters. The van der Waals surface area contributed by atoms with E-state index in [2.05, 4.69) is 25.7 Å². The highest BCUT2D eigenvalue weighted by Crippen LogP contribution is 2.27. The Morgan fingerprint density at radius 3 is 2.93 bits per heavy atom. The molecule has 1 aromatic carbocycles. The molecule has 2 unspecified atom stereocenters. The first-order valence-corrected chi connectivity index (χ1v) is 11.2. The van der Waals surface area contributed by atoms with Crippen LogP contribution in [0.3, 0.4) is 0 Å². The lowest BCUT2D eigenvalue weighted by atomic mass is 9.88. The Labute approximate surface area is 169 Å². The van der Waals surface area contributed by atoms with Gasteiger partial charge in [0.15, 0.2) is 0 Å². The molecule has 3 N–H and O–H groups in total. The zero-order chi connectivity index (χ0) is 19.3. The van der Waals surface area contributed by atoms with Crippen molar-refractivity contribution in [2.45, 2.75) is 36.6 Å². The topological polar surface area (TPSA) is 74.5 Å². The summed E-state index contributed by atoms with van der Waals surface area (Å²) >= 11 is 0. The summed E-state index contributed by atoms with van der Waals surface area (Å²) in [5, 5.41) is 5.25. The first kappa shape index (κ1) is 19.4. The number of nitrogens with one attached hydrogen (secondary N) is 1. The lowest BCUT2D eigenvalue weighted by Crippen LogP contribution is -2.41. The van der Waals surface area contributed by atoms with Crippen LogP contribution in [0.4, 0.5) is 0 Å². The molecule has 0 radical (unpaired) electrons. The van der Waals surface area contributed by atoms with Crippen molar-refractivity contribution in [3.05, 3.63) is 49.1 Å². The molecule has 7 heteroatoms. The third-order valence-electron chi connectivity index (χ3n) is 5.85. The van der Waals surface area contributed by atoms with Gasteiger partial charge >= 0.3 is 0 Å². The molecular formula is C21H29N5OS. The number of fused-ring (bicyclic) bond motifs is 1. The van der Waals surface area contributed by atoms with Crippen LogP contribution in [-0.4, -0.2) is 50.7 Å². The van der Waals surface area contributed by atoms with Gasteiger partial charge in [0.25, 0.3) is 0 Å². The molecule has 3 heterocycles. The van der Waals surface area contributed by atoms with E-state index in [1.807, 2.05) is 36.7 Å². The summed E-state index contributed by atoms with van der Waals surface area (Å²) in [5.74, 6) is 0.525. The number of pyridine rings is 1. The number of benzene rings is 1. The molecule has 0 aliphatic carbocycles. The monoisotopic (exact) mass is 399 g/mol. The Morgan fingerprint density at radius 1 is 1.29 bits per heavy atom. The first-order chi connectivity index (χ1) is 13.7. The van der Waals surface area contributed by atoms with Crippen LogP contribution in [0.15, 0.2) is 54.0 Å². The molecule has 2 aliphatic rings. The summed E-state index contributed by atoms with van der Waals surface area (Å²) < 4.78 is 15.3. The molecule has 2 aliphatic heterocycles. The molecule has 1 saturated heterocycles. The quantitative estimate of drug-likeness (QED) is 0.748. The van der Waals surface area contributed by atoms with Gasteiger partial charge in [0, 0.05) is 61.2 Å². The van der Waals surface area contributed by atoms with Crippen LogP contribution in [0.2, 0.25) is 0 Å². The van der Waals surface area contributed by atoms with E-state index in [1.54, 1.807) is 6.20 Å². The van der Waals surface area contributed by atoms with Gasteiger partial charge in [-0.25, -0.2) is 8.51 Å². The Morgan fingerprint density at radius 2 is 2.14 bits per heavy atom. The first-order valence-electron chi connectivity index (χ1n) is 10.1. The average molecular weight is 400 g/mol. The Hall–Kier alpha value is -1.96. The summed E-state index contributed by atoms with van der Waals surface area (Å²) in [7, 11) is -1.14. The van der Waals surface area contributed by atoms with Crippen molar-refractivity contribution in [3.8, 4) is 0 Å². The molecule has 0 bridgehead atoms. The Balaban J connectivity index is 1.29. The maximum Gasteiger partial charge on any atom is 0.128 e. The van der Waals surface area contributed by atoms with E-state index in [1.165, 1.54) is 0 Å². The summed E-state index contributed by atoms with van der Waals surface area (Å²) in [6.07, 6.45) is 11.9. The molecule has 2 aromatic rings. The molecule has 0 amide bonds. The number of nitrogens with zero attached hydrogens (tertiary/aromatic N) is 3. The third kappa shape index (κ3) is 4.37. The van der Waals surface area contributed by atoms with Crippen molar-refractivity contribution < 1.29 is 4.21 Å². The molecule has 0 spiro atoms. The second-order valence-corrected chi connectivity index (χ2v) is 9.12. The summed E-state index contributed by atoms with van der Waals surface area (Å²) in [4.78, 5) is 7.33. The maximum absolute atomic E-state index is 13.2. The minimum Gasteiger partial charge on any atom is -0.373 e. The fraction of sp³-hybridized carbons (Fsp3) is 0.476. The van der Waals surface area contributed by atoms with Crippen molar-refractivity contribution in [1.82, 2.24) is 19.5 Å². The molecule has 0 saturated carbocycles. The largest absolute Gasteiger partial charge is 0.373 e. The van der Waals surface area contributed by atoms with Crippen LogP contribution in [0.25, 0.3) is 10.8 Å². The molecule has 4 rings (SSSR count). The van der Waals surface area contributed by atoms with Crippen molar-refractivity contribution in [2.24, 2.45) is 11.7 Å². The van der Waals surface area contributed by atoms with E-state index in [9.17, 15) is 4.21 Å². The minimum atomic E-state index is -1.14. The standard InChI is InChI=1S/C21H29N5OS/c22-20(4-2-11-25-14-10-24-16-25)17-7-12-26(13-8-17)28(27)21-5-1-3-18-15-23-9-6-19(18)21/h1,3,5-6,9-10,14-15,17,20,24H,2,4,7-8,11-13,16,22H2. The molecule has 1 fully saturated rings. The van der Waals surface area contributed by atoms with E-state index >= 15 is 0 Å². The van der Waals surface area contributed by atoms with Crippen molar-refractivity contribution in [3.63, 3.8) is 0 Å². The summed E-state index contributed by atoms with van der Waals surface area (Å²) in [6.45, 7) is 3.64. The van der Waals surface area contributed by atoms with E-state index in [0.717, 1.165) is 67.7 Å². The molecule has 1 aromatic heterocycles. The predicted molar refractivity (Wildman–Crippen MR) is 114 cm³/mol. The second-order valence-electron chi connectivity index (χ2n) is 7.66. The van der Waals surface area contributed by atoms with Gasteiger partial charge in [-0.2, -0.15) is 0 Å². The summed E-state index contributed by atoms with van der Waals surface area (Å²) in [5.41, 5.74) is 6.49. The number of nitrogens with two attached hydrogens (primary N) is 1. The van der Waals surface area contributed by atoms with Gasteiger partial charge in [0.2, 0.25) is 0 Å². The highest BCUT2D eigenvalue weighted by atomic mass is 32.2. The lowest BCUT2D eigenvalue weighted by Gasteiger charge is -2.34. The Bertz CT molecular complexity index is 844. The van der Waals surface area contributed by atoms with Gasteiger partial charge in [-0.1, -0.05) is 12.1 Å². The highest BCUT2D eigenvalue weighted by Gasteiger charge is 2.27. The van der Waals surface area contributed by atoms with Gasteiger partial charge in [0.1, 0.15) is 11.0 Å². The van der Waals surface area contributed by atoms with Crippen molar-refractivity contribution in [1.29, 1.82) is 0 Å². The molecule has 6 nitrogen and oxygen atoms in total. The fourth-order valence-corrected chi connectivity index (χ4v) is 5.54. The minimum absolute atomic E-state index is 0.235. The van der Waals surface area contributed by atoms with Crippen LogP contribution < -0.4 is 11.1 Å². The van der Waals surface area contributed by atoms with Gasteiger partial charge in [-0.05, 0) is 43.7 Å². The van der Waals surface area contributed by atoms with E-state index in [-0.39, 0.29) is 6.04 Å². The van der Waals surface area contributed by atoms with Gasteiger partial charge < -0.3 is 16.0 Å². The van der Waals surface area contributed by atoms with Crippen molar-refractivity contribution in [2.75, 3.05) is 26.3 Å². The van der Waals surface area contributed by atoms with E-state index in [0.29, 0.717) is 5.92 Å². The maximum atomic E-state index is 13.2. The molecule has 150 valence electrons. The van der Waals surface area contributed by atoms with Gasteiger partial charge in [-0.15, -0.1) is 0 Å². The van der Waals surface area contributed by atoms with E-state index in [4.69, 9.17) is 5.73 Å². The number of piperidine rings is 1. The van der Waals surface area contributed by atoms with Gasteiger partial charge in [0.05, 0.1) is 11.6 Å². The van der Waals surface area contributed by atoms with Crippen LogP contribution in [0, 0.1) is 5.92 Å². The number of aromatic nitrogens is 1. The smallest absolute Gasteiger partial charge is 0.128 e. The van der Waals surface area contributed by atoms with Crippen LogP contribution >= 0.6 is 0 Å². The Kier molecular flexibility index (Phi) is 6.24. The van der Waals surface area contributed by atoms with Crippen LogP contribution in [0.1, 0.15) is 25.7 Å². The van der Waals surface area contributed by atoms with Crippen molar-refractivity contribution >= 4 is 21.8 Å². The molecular weight excluding hydrogens is 370 g/mol. The second kappa shape index (κ2) is 9.03. The number of rotatable bonds is 7. The zero-order valence-electron chi connectivity index (χ0n) is 16.2. The average Bonchev–Trinajstić information content (AvgIpc) is 3.26. The SMILES string of the molecule is NC(CCCN1C=CNC1)C1CCN(S(=O)c2cccc3cnccc23)CC1. The van der Waals surface area contributed by atoms with E-state index < -0.39 is 11.0 Å². The zero-order valence-corrected chi connectivity index (χ0v) is 17.0. The third-order valence-corrected chi connectivity index (χ3v) is 7.41. The van der Waals surface area contributed by atoms with Gasteiger partial charge in [-0.3, -0.25) is 4.98 Å². The summed E-state index contributed by atoms with van der Waals surface area (Å²) in [6, 6.07) is 8.14. The normalized spacial score (nSPS) is 20.4. The fourth-order valence-electron chi connectivity index (χ4n) is 4.15. The number of hydrogen-bond donors (Lipinski definition) is 2. The lowest BCUT2D eigenvalue weighted by molar-refractivity contribution is 0.239. The van der Waals surface area contributed by atoms with Crippen LogP contribution in [0.5, 0.6) is 0 Å². The van der Waals surface area contributed by atoms with Crippen LogP contribution in [-0.2, 0) is 11.0 Å². The number of hydrogen-bond acceptors (Lipinski definition) is 5.